The third-order valence-corrected chi connectivity index (χ3v) is 5.43. The molecule has 144 valence electrons. The number of aromatic nitrogens is 2. The Morgan fingerprint density at radius 1 is 1.18 bits per heavy atom. The Morgan fingerprint density at radius 2 is 1.96 bits per heavy atom. The average molecular weight is 375 g/mol. The molecule has 3 aromatic rings. The first-order valence-corrected chi connectivity index (χ1v) is 9.66. The lowest BCUT2D eigenvalue weighted by atomic mass is 9.92. The van der Waals surface area contributed by atoms with Gasteiger partial charge in [0.2, 0.25) is 0 Å². The van der Waals surface area contributed by atoms with E-state index in [1.165, 1.54) is 5.69 Å². The zero-order chi connectivity index (χ0) is 19.7. The van der Waals surface area contributed by atoms with Gasteiger partial charge in [0.15, 0.2) is 0 Å². The Bertz CT molecular complexity index is 1010. The maximum Gasteiger partial charge on any atom is 0.252 e. The fourth-order valence-electron chi connectivity index (χ4n) is 3.96. The molecular formula is C23H25N3O2. The minimum Gasteiger partial charge on any atom is -0.497 e. The number of fused-ring (bicyclic) bond motifs is 1. The second-order valence-corrected chi connectivity index (χ2v) is 7.39. The van der Waals surface area contributed by atoms with Crippen LogP contribution in [0.4, 0.5) is 0 Å². The van der Waals surface area contributed by atoms with Crippen molar-refractivity contribution < 1.29 is 9.53 Å². The molecule has 0 bridgehead atoms. The quantitative estimate of drug-likeness (QED) is 0.739. The van der Waals surface area contributed by atoms with Crippen LogP contribution in [-0.4, -0.2) is 22.8 Å². The van der Waals surface area contributed by atoms with Crippen molar-refractivity contribution in [1.82, 2.24) is 15.1 Å². The second-order valence-electron chi connectivity index (χ2n) is 7.39. The van der Waals surface area contributed by atoms with Crippen LogP contribution in [0.3, 0.4) is 0 Å². The van der Waals surface area contributed by atoms with E-state index in [4.69, 9.17) is 4.74 Å². The first-order valence-electron chi connectivity index (χ1n) is 9.66. The summed E-state index contributed by atoms with van der Waals surface area (Å²) in [7, 11) is 1.66. The molecule has 28 heavy (non-hydrogen) atoms. The van der Waals surface area contributed by atoms with Gasteiger partial charge in [-0.1, -0.05) is 17.7 Å². The lowest BCUT2D eigenvalue weighted by Gasteiger charge is -2.24. The number of nitrogens with zero attached hydrogens (tertiary/aromatic N) is 2. The van der Waals surface area contributed by atoms with Gasteiger partial charge in [0.25, 0.3) is 5.91 Å². The third-order valence-electron chi connectivity index (χ3n) is 5.43. The fraction of sp³-hybridized carbons (Fsp3) is 0.304. The predicted octanol–water partition coefficient (Wildman–Crippen LogP) is 4.31. The van der Waals surface area contributed by atoms with E-state index < -0.39 is 0 Å². The zero-order valence-electron chi connectivity index (χ0n) is 16.5. The summed E-state index contributed by atoms with van der Waals surface area (Å²) in [4.78, 5) is 12.8. The highest BCUT2D eigenvalue weighted by Gasteiger charge is 2.26. The molecule has 4 rings (SSSR count). The largest absolute Gasteiger partial charge is 0.497 e. The van der Waals surface area contributed by atoms with Crippen molar-refractivity contribution >= 4 is 5.91 Å². The molecule has 2 aromatic carbocycles. The highest BCUT2D eigenvalue weighted by Crippen LogP contribution is 2.31. The summed E-state index contributed by atoms with van der Waals surface area (Å²) in [5.41, 5.74) is 6.18. The van der Waals surface area contributed by atoms with Crippen LogP contribution in [0.15, 0.2) is 48.7 Å². The van der Waals surface area contributed by atoms with Crippen LogP contribution in [0.1, 0.15) is 51.6 Å². The van der Waals surface area contributed by atoms with Gasteiger partial charge in [-0.2, -0.15) is 5.10 Å². The summed E-state index contributed by atoms with van der Waals surface area (Å²) in [6, 6.07) is 13.8. The van der Waals surface area contributed by atoms with Crippen molar-refractivity contribution in [3.63, 3.8) is 0 Å². The van der Waals surface area contributed by atoms with Crippen molar-refractivity contribution in [2.75, 3.05) is 7.11 Å². The van der Waals surface area contributed by atoms with Gasteiger partial charge < -0.3 is 10.1 Å². The second kappa shape index (κ2) is 7.50. The van der Waals surface area contributed by atoms with Gasteiger partial charge in [-0.3, -0.25) is 4.79 Å². The number of methoxy groups -OCH3 is 1. The molecule has 1 atom stereocenters. The van der Waals surface area contributed by atoms with Crippen LogP contribution in [0, 0.1) is 13.8 Å². The molecule has 0 radical (unpaired) electrons. The molecule has 1 aromatic heterocycles. The topological polar surface area (TPSA) is 56.1 Å². The SMILES string of the molecule is COc1ccc(-n2ncc3c2CCCC3NC(=O)c2ccc(C)cc2C)cc1. The molecule has 5 nitrogen and oxygen atoms in total. The smallest absolute Gasteiger partial charge is 0.252 e. The number of amides is 1. The van der Waals surface area contributed by atoms with Crippen molar-refractivity contribution in [2.24, 2.45) is 0 Å². The fourth-order valence-corrected chi connectivity index (χ4v) is 3.96. The van der Waals surface area contributed by atoms with Gasteiger partial charge in [0.1, 0.15) is 5.75 Å². The van der Waals surface area contributed by atoms with Crippen molar-refractivity contribution in [1.29, 1.82) is 0 Å². The van der Waals surface area contributed by atoms with Crippen LogP contribution >= 0.6 is 0 Å². The molecule has 1 aliphatic rings. The van der Waals surface area contributed by atoms with E-state index in [1.807, 2.05) is 67.2 Å². The summed E-state index contributed by atoms with van der Waals surface area (Å²) in [6.07, 6.45) is 4.80. The first-order chi connectivity index (χ1) is 13.6. The minimum absolute atomic E-state index is 0.0102. The monoisotopic (exact) mass is 375 g/mol. The third kappa shape index (κ3) is 3.40. The highest BCUT2D eigenvalue weighted by atomic mass is 16.5. The first kappa shape index (κ1) is 18.3. The zero-order valence-corrected chi connectivity index (χ0v) is 16.5. The van der Waals surface area contributed by atoms with Crippen molar-refractivity contribution in [3.05, 3.63) is 76.6 Å². The van der Waals surface area contributed by atoms with Crippen LogP contribution in [-0.2, 0) is 6.42 Å². The molecule has 1 N–H and O–H groups in total. The molecule has 0 spiro atoms. The van der Waals surface area contributed by atoms with E-state index in [9.17, 15) is 4.79 Å². The maximum atomic E-state index is 12.8. The van der Waals surface area contributed by atoms with Crippen LogP contribution in [0.25, 0.3) is 5.69 Å². The summed E-state index contributed by atoms with van der Waals surface area (Å²) in [5.74, 6) is 0.802. The lowest BCUT2D eigenvalue weighted by molar-refractivity contribution is 0.0932. The standard InChI is InChI=1S/C23H25N3O2/c1-15-7-12-19(16(2)13-15)23(27)25-21-5-4-6-22-20(21)14-24-26(22)17-8-10-18(28-3)11-9-17/h7-14,21H,4-6H2,1-3H3,(H,25,27). The van der Waals surface area contributed by atoms with E-state index >= 15 is 0 Å². The number of hydrogen-bond donors (Lipinski definition) is 1. The van der Waals surface area contributed by atoms with Crippen LogP contribution in [0.5, 0.6) is 5.75 Å². The summed E-state index contributed by atoms with van der Waals surface area (Å²) >= 11 is 0. The number of carbonyl (C=O) groups is 1. The normalized spacial score (nSPS) is 15.8. The molecule has 1 aliphatic carbocycles. The van der Waals surface area contributed by atoms with Crippen molar-refractivity contribution in [3.8, 4) is 11.4 Å². The van der Waals surface area contributed by atoms with Crippen molar-refractivity contribution in [2.45, 2.75) is 39.2 Å². The number of ether oxygens (including phenoxy) is 1. The maximum absolute atomic E-state index is 12.8. The Balaban J connectivity index is 1.59. The van der Waals surface area contributed by atoms with Gasteiger partial charge in [0, 0.05) is 16.8 Å². The number of benzene rings is 2. The van der Waals surface area contributed by atoms with E-state index in [1.54, 1.807) is 7.11 Å². The van der Waals surface area contributed by atoms with E-state index in [2.05, 4.69) is 10.4 Å². The number of aryl methyl sites for hydroxylation is 2. The van der Waals surface area contributed by atoms with E-state index in [-0.39, 0.29) is 11.9 Å². The minimum atomic E-state index is -0.0208. The molecule has 0 aliphatic heterocycles. The van der Waals surface area contributed by atoms with Gasteiger partial charge in [0.05, 0.1) is 25.0 Å². The highest BCUT2D eigenvalue weighted by molar-refractivity contribution is 5.96. The lowest BCUT2D eigenvalue weighted by Crippen LogP contribution is -2.31. The molecule has 1 amide bonds. The molecule has 1 unspecified atom stereocenters. The molecule has 0 saturated carbocycles. The number of nitrogens with one attached hydrogen (secondary N) is 1. The summed E-state index contributed by atoms with van der Waals surface area (Å²) < 4.78 is 7.22. The molecule has 0 fully saturated rings. The van der Waals surface area contributed by atoms with Crippen LogP contribution in [0.2, 0.25) is 0 Å². The summed E-state index contributed by atoms with van der Waals surface area (Å²) in [5, 5.41) is 7.83. The Labute approximate surface area is 165 Å². The number of rotatable bonds is 4. The number of hydrogen-bond acceptors (Lipinski definition) is 3. The Kier molecular flexibility index (Phi) is 4.90. The van der Waals surface area contributed by atoms with Gasteiger partial charge in [-0.25, -0.2) is 4.68 Å². The van der Waals surface area contributed by atoms with Gasteiger partial charge >= 0.3 is 0 Å². The Morgan fingerprint density at radius 3 is 2.68 bits per heavy atom. The average Bonchev–Trinajstić information content (AvgIpc) is 3.13. The Hall–Kier alpha value is -3.08. The number of carbonyl (C=O) groups excluding carboxylic acids is 1. The van der Waals surface area contributed by atoms with E-state index in [0.717, 1.165) is 53.0 Å². The molecule has 1 heterocycles. The van der Waals surface area contributed by atoms with Gasteiger partial charge in [-0.05, 0) is 69.0 Å². The summed E-state index contributed by atoms with van der Waals surface area (Å²) in [6.45, 7) is 4.02. The molecular weight excluding hydrogens is 350 g/mol. The van der Waals surface area contributed by atoms with Gasteiger partial charge in [-0.15, -0.1) is 0 Å². The molecule has 0 saturated heterocycles. The van der Waals surface area contributed by atoms with Crippen LogP contribution < -0.4 is 10.1 Å². The predicted molar refractivity (Wildman–Crippen MR) is 109 cm³/mol. The molecule has 5 heteroatoms. The van der Waals surface area contributed by atoms with E-state index in [0.29, 0.717) is 0 Å².